The monoisotopic (exact) mass is 441 g/mol. The predicted molar refractivity (Wildman–Crippen MR) is 115 cm³/mol. The molecule has 0 saturated heterocycles. The molecule has 0 radical (unpaired) electrons. The molecule has 3 aromatic rings. The van der Waals surface area contributed by atoms with Gasteiger partial charge in [-0.05, 0) is 55.0 Å². The van der Waals surface area contributed by atoms with Crippen LogP contribution in [0.25, 0.3) is 0 Å². The van der Waals surface area contributed by atoms with Crippen LogP contribution in [0, 0.1) is 5.82 Å². The van der Waals surface area contributed by atoms with Gasteiger partial charge in [-0.15, -0.1) is 0 Å². The van der Waals surface area contributed by atoms with Crippen LogP contribution in [0.5, 0.6) is 0 Å². The molecule has 0 aliphatic carbocycles. The molecule has 0 atom stereocenters. The average Bonchev–Trinajstić information content (AvgIpc) is 2.84. The van der Waals surface area contributed by atoms with Crippen molar-refractivity contribution < 1.29 is 18.7 Å². The summed E-state index contributed by atoms with van der Waals surface area (Å²) in [5.74, 6) is -1.13. The second-order valence-electron chi connectivity index (χ2n) is 6.63. The van der Waals surface area contributed by atoms with Crippen LogP contribution >= 0.6 is 23.4 Å². The summed E-state index contributed by atoms with van der Waals surface area (Å²) < 4.78 is 18.6. The number of rotatable bonds is 4. The van der Waals surface area contributed by atoms with Crippen LogP contribution < -0.4 is 4.90 Å². The molecule has 0 unspecified atom stereocenters. The van der Waals surface area contributed by atoms with Gasteiger partial charge in [-0.1, -0.05) is 41.6 Å². The van der Waals surface area contributed by atoms with E-state index in [1.807, 2.05) is 12.1 Å². The molecule has 0 spiro atoms. The summed E-state index contributed by atoms with van der Waals surface area (Å²) in [4.78, 5) is 29.0. The molecule has 1 aliphatic heterocycles. The minimum atomic E-state index is -0.459. The van der Waals surface area contributed by atoms with Crippen molar-refractivity contribution in [2.45, 2.75) is 23.3 Å². The van der Waals surface area contributed by atoms with Gasteiger partial charge in [-0.2, -0.15) is 0 Å². The summed E-state index contributed by atoms with van der Waals surface area (Å²) in [5.41, 5.74) is 2.08. The number of ether oxygens (including phenoxy) is 1. The lowest BCUT2D eigenvalue weighted by Gasteiger charge is -2.24. The minimum Gasteiger partial charge on any atom is -0.462 e. The Morgan fingerprint density at radius 1 is 1.10 bits per heavy atom. The smallest absolute Gasteiger partial charge is 0.338 e. The number of carbonyl (C=O) groups excluding carboxylic acids is 2. The summed E-state index contributed by atoms with van der Waals surface area (Å²) in [7, 11) is 0. The van der Waals surface area contributed by atoms with E-state index in [1.165, 1.54) is 23.9 Å². The molecule has 0 aromatic heterocycles. The third-order valence-corrected chi connectivity index (χ3v) is 6.18. The van der Waals surface area contributed by atoms with E-state index in [4.69, 9.17) is 16.3 Å². The number of nitrogens with zero attached hydrogens (tertiary/aromatic N) is 1. The highest BCUT2D eigenvalue weighted by molar-refractivity contribution is 7.99. The number of carbonyl (C=O) groups is 2. The number of anilines is 1. The molecule has 7 heteroatoms. The number of esters is 1. The highest BCUT2D eigenvalue weighted by atomic mass is 35.5. The van der Waals surface area contributed by atoms with Crippen molar-refractivity contribution in [2.24, 2.45) is 0 Å². The molecule has 0 bridgehead atoms. The number of halogens is 2. The van der Waals surface area contributed by atoms with E-state index in [2.05, 4.69) is 0 Å². The van der Waals surface area contributed by atoms with Crippen LogP contribution in [-0.2, 0) is 11.3 Å². The Labute approximate surface area is 182 Å². The molecule has 0 fully saturated rings. The second-order valence-corrected chi connectivity index (χ2v) is 8.12. The summed E-state index contributed by atoms with van der Waals surface area (Å²) in [5, 5.41) is 0.232. The van der Waals surface area contributed by atoms with E-state index < -0.39 is 11.8 Å². The normalized spacial score (nSPS) is 12.8. The molecule has 30 heavy (non-hydrogen) atoms. The van der Waals surface area contributed by atoms with E-state index in [0.29, 0.717) is 22.4 Å². The van der Waals surface area contributed by atoms with E-state index in [1.54, 1.807) is 48.2 Å². The quantitative estimate of drug-likeness (QED) is 0.468. The zero-order valence-electron chi connectivity index (χ0n) is 16.0. The van der Waals surface area contributed by atoms with Crippen molar-refractivity contribution in [3.8, 4) is 0 Å². The van der Waals surface area contributed by atoms with Crippen molar-refractivity contribution in [1.82, 2.24) is 0 Å². The van der Waals surface area contributed by atoms with E-state index in [-0.39, 0.29) is 24.1 Å². The first-order valence-corrected chi connectivity index (χ1v) is 10.5. The Morgan fingerprint density at radius 3 is 2.67 bits per heavy atom. The lowest BCUT2D eigenvalue weighted by molar-refractivity contribution is 0.0526. The fraction of sp³-hybridized carbons (Fsp3) is 0.130. The zero-order valence-corrected chi connectivity index (χ0v) is 17.6. The topological polar surface area (TPSA) is 46.6 Å². The molecule has 1 amide bonds. The molecule has 4 rings (SSSR count). The van der Waals surface area contributed by atoms with Gasteiger partial charge in [0.15, 0.2) is 0 Å². The van der Waals surface area contributed by atoms with Crippen molar-refractivity contribution in [3.63, 3.8) is 0 Å². The first-order chi connectivity index (χ1) is 14.5. The molecule has 152 valence electrons. The van der Waals surface area contributed by atoms with Crippen LogP contribution in [0.4, 0.5) is 10.1 Å². The molecule has 1 aliphatic rings. The molecule has 4 nitrogen and oxygen atoms in total. The van der Waals surface area contributed by atoms with Crippen LogP contribution in [0.15, 0.2) is 70.5 Å². The highest BCUT2D eigenvalue weighted by Crippen LogP contribution is 2.42. The number of benzene rings is 3. The van der Waals surface area contributed by atoms with Crippen LogP contribution in [0.2, 0.25) is 5.02 Å². The molecule has 0 N–H and O–H groups in total. The SMILES string of the molecule is CCOC(=O)c1ccc2c(c1)N(Cc1ccc(F)cc1Cl)C(=O)c1ccccc1S2. The Balaban J connectivity index is 1.84. The summed E-state index contributed by atoms with van der Waals surface area (Å²) in [6.45, 7) is 2.12. The Kier molecular flexibility index (Phi) is 5.79. The molecule has 3 aromatic carbocycles. The number of hydrogen-bond acceptors (Lipinski definition) is 4. The van der Waals surface area contributed by atoms with Crippen LogP contribution in [0.1, 0.15) is 33.2 Å². The van der Waals surface area contributed by atoms with Gasteiger partial charge in [-0.25, -0.2) is 9.18 Å². The van der Waals surface area contributed by atoms with Crippen molar-refractivity contribution in [2.75, 3.05) is 11.5 Å². The number of hydrogen-bond donors (Lipinski definition) is 0. The lowest BCUT2D eigenvalue weighted by Crippen LogP contribution is -2.30. The lowest BCUT2D eigenvalue weighted by atomic mass is 10.1. The number of amides is 1. The first-order valence-electron chi connectivity index (χ1n) is 9.31. The van der Waals surface area contributed by atoms with E-state index in [0.717, 1.165) is 9.79 Å². The third kappa shape index (κ3) is 3.93. The maximum absolute atomic E-state index is 13.5. The van der Waals surface area contributed by atoms with E-state index in [9.17, 15) is 14.0 Å². The van der Waals surface area contributed by atoms with Gasteiger partial charge in [0.1, 0.15) is 5.82 Å². The Hall–Kier alpha value is -2.83. The van der Waals surface area contributed by atoms with Gasteiger partial charge < -0.3 is 9.64 Å². The van der Waals surface area contributed by atoms with Gasteiger partial charge in [0.05, 0.1) is 30.0 Å². The predicted octanol–water partition coefficient (Wildman–Crippen LogP) is 5.97. The fourth-order valence-corrected chi connectivity index (χ4v) is 4.52. The molecule has 1 heterocycles. The number of fused-ring (bicyclic) bond motifs is 2. The molecular weight excluding hydrogens is 425 g/mol. The second kappa shape index (κ2) is 8.50. The molecular formula is C23H17ClFNO3S. The third-order valence-electron chi connectivity index (χ3n) is 4.69. The van der Waals surface area contributed by atoms with Crippen LogP contribution in [0.3, 0.4) is 0 Å². The Bertz CT molecular complexity index is 1150. The summed E-state index contributed by atoms with van der Waals surface area (Å²) in [6.07, 6.45) is 0. The van der Waals surface area contributed by atoms with Gasteiger partial charge >= 0.3 is 5.97 Å². The summed E-state index contributed by atoms with van der Waals surface area (Å²) >= 11 is 7.68. The average molecular weight is 442 g/mol. The Morgan fingerprint density at radius 2 is 1.90 bits per heavy atom. The van der Waals surface area contributed by atoms with Gasteiger partial charge in [0.2, 0.25) is 0 Å². The fourth-order valence-electron chi connectivity index (χ4n) is 3.24. The maximum Gasteiger partial charge on any atom is 0.338 e. The van der Waals surface area contributed by atoms with Gasteiger partial charge in [0.25, 0.3) is 5.91 Å². The molecule has 0 saturated carbocycles. The maximum atomic E-state index is 13.5. The standard InChI is InChI=1S/C23H17ClFNO3S/c1-2-29-23(28)14-8-10-21-19(11-14)26(13-15-7-9-16(25)12-18(15)24)22(27)17-5-3-4-6-20(17)30-21/h3-12H,2,13H2,1H3. The highest BCUT2D eigenvalue weighted by Gasteiger charge is 2.28. The van der Waals surface area contributed by atoms with E-state index >= 15 is 0 Å². The van der Waals surface area contributed by atoms with Crippen molar-refractivity contribution in [1.29, 1.82) is 0 Å². The van der Waals surface area contributed by atoms with Gasteiger partial charge in [-0.3, -0.25) is 4.79 Å². The first kappa shape index (κ1) is 20.4. The largest absolute Gasteiger partial charge is 0.462 e. The zero-order chi connectivity index (χ0) is 21.3. The summed E-state index contributed by atoms with van der Waals surface area (Å²) in [6, 6.07) is 16.6. The van der Waals surface area contributed by atoms with Crippen LogP contribution in [-0.4, -0.2) is 18.5 Å². The minimum absolute atomic E-state index is 0.131. The van der Waals surface area contributed by atoms with Crippen molar-refractivity contribution in [3.05, 3.63) is 88.2 Å². The van der Waals surface area contributed by atoms with Gasteiger partial charge in [0, 0.05) is 14.8 Å². The van der Waals surface area contributed by atoms with Crippen molar-refractivity contribution >= 4 is 40.9 Å².